The minimum absolute atomic E-state index is 0.0951. The van der Waals surface area contributed by atoms with Gasteiger partial charge in [0.05, 0.1) is 24.5 Å². The summed E-state index contributed by atoms with van der Waals surface area (Å²) in [5.74, 6) is 1.72. The Morgan fingerprint density at radius 2 is 2.00 bits per heavy atom. The molecule has 2 aromatic rings. The number of aryl methyl sites for hydroxylation is 2. The second-order valence-electron chi connectivity index (χ2n) is 6.89. The van der Waals surface area contributed by atoms with Crippen LogP contribution in [0.25, 0.3) is 0 Å². The minimum atomic E-state index is 0.0951. The molecule has 0 spiro atoms. The van der Waals surface area contributed by atoms with Crippen LogP contribution in [0.3, 0.4) is 0 Å². The third-order valence-corrected chi connectivity index (χ3v) is 5.12. The first kappa shape index (κ1) is 18.4. The lowest BCUT2D eigenvalue weighted by atomic mass is 10.1. The summed E-state index contributed by atoms with van der Waals surface area (Å²) < 4.78 is 2.07. The van der Waals surface area contributed by atoms with Crippen molar-refractivity contribution in [3.05, 3.63) is 34.0 Å². The Hall–Kier alpha value is -2.44. The number of aromatic nitrogens is 4. The largest absolute Gasteiger partial charge is 0.368 e. The van der Waals surface area contributed by atoms with E-state index in [2.05, 4.69) is 45.8 Å². The lowest BCUT2D eigenvalue weighted by molar-refractivity contribution is -0.129. The number of hydrogen-bond acceptors (Lipinski definition) is 5. The Kier molecular flexibility index (Phi) is 5.25. The summed E-state index contributed by atoms with van der Waals surface area (Å²) in [6, 6.07) is 0. The van der Waals surface area contributed by atoms with E-state index in [0.29, 0.717) is 6.54 Å². The molecular formula is C19H28N6O. The maximum absolute atomic E-state index is 11.7. The quantitative estimate of drug-likeness (QED) is 0.889. The van der Waals surface area contributed by atoms with E-state index < -0.39 is 0 Å². The molecule has 140 valence electrons. The SMILES string of the molecule is CCc1c(C)nn(CCNc2nc(C)nc3c2CCN(C(C)=O)C3)c1C. The van der Waals surface area contributed by atoms with E-state index in [4.69, 9.17) is 0 Å². The summed E-state index contributed by atoms with van der Waals surface area (Å²) in [5.41, 5.74) is 5.79. The molecule has 1 aliphatic rings. The lowest BCUT2D eigenvalue weighted by Gasteiger charge is -2.28. The van der Waals surface area contributed by atoms with Crippen LogP contribution in [0.15, 0.2) is 0 Å². The van der Waals surface area contributed by atoms with Crippen LogP contribution in [0.4, 0.5) is 5.82 Å². The lowest BCUT2D eigenvalue weighted by Crippen LogP contribution is -2.35. The third kappa shape index (κ3) is 3.57. The van der Waals surface area contributed by atoms with E-state index in [-0.39, 0.29) is 5.91 Å². The molecule has 0 aliphatic carbocycles. The van der Waals surface area contributed by atoms with Crippen LogP contribution in [0.5, 0.6) is 0 Å². The topological polar surface area (TPSA) is 75.9 Å². The molecule has 2 aromatic heterocycles. The summed E-state index contributed by atoms with van der Waals surface area (Å²) in [4.78, 5) is 22.6. The molecule has 7 nitrogen and oxygen atoms in total. The van der Waals surface area contributed by atoms with Gasteiger partial charge in [0.2, 0.25) is 5.91 Å². The molecule has 0 fully saturated rings. The number of carbonyl (C=O) groups is 1. The number of anilines is 1. The van der Waals surface area contributed by atoms with Gasteiger partial charge in [0.1, 0.15) is 11.6 Å². The van der Waals surface area contributed by atoms with Gasteiger partial charge in [0.25, 0.3) is 0 Å². The molecule has 0 saturated heterocycles. The molecular weight excluding hydrogens is 328 g/mol. The molecule has 0 bridgehead atoms. The summed E-state index contributed by atoms with van der Waals surface area (Å²) in [6.07, 6.45) is 1.80. The highest BCUT2D eigenvalue weighted by Crippen LogP contribution is 2.23. The van der Waals surface area contributed by atoms with Gasteiger partial charge >= 0.3 is 0 Å². The second kappa shape index (κ2) is 7.43. The molecule has 0 unspecified atom stereocenters. The number of amides is 1. The van der Waals surface area contributed by atoms with Crippen LogP contribution in [-0.4, -0.2) is 43.6 Å². The monoisotopic (exact) mass is 356 g/mol. The van der Waals surface area contributed by atoms with Crippen molar-refractivity contribution in [2.45, 2.75) is 60.5 Å². The smallest absolute Gasteiger partial charge is 0.219 e. The highest BCUT2D eigenvalue weighted by atomic mass is 16.2. The predicted molar refractivity (Wildman–Crippen MR) is 101 cm³/mol. The van der Waals surface area contributed by atoms with Gasteiger partial charge in [-0.1, -0.05) is 6.92 Å². The van der Waals surface area contributed by atoms with E-state index in [1.807, 2.05) is 11.8 Å². The Labute approximate surface area is 154 Å². The van der Waals surface area contributed by atoms with Crippen molar-refractivity contribution >= 4 is 11.7 Å². The number of carbonyl (C=O) groups excluding carboxylic acids is 1. The van der Waals surface area contributed by atoms with E-state index in [1.165, 1.54) is 11.3 Å². The first-order valence-corrected chi connectivity index (χ1v) is 9.29. The molecule has 0 saturated carbocycles. The van der Waals surface area contributed by atoms with Gasteiger partial charge in [0, 0.05) is 31.3 Å². The molecule has 1 amide bonds. The van der Waals surface area contributed by atoms with Gasteiger partial charge in [-0.2, -0.15) is 5.10 Å². The van der Waals surface area contributed by atoms with Crippen molar-refractivity contribution in [2.24, 2.45) is 0 Å². The summed E-state index contributed by atoms with van der Waals surface area (Å²) in [7, 11) is 0. The van der Waals surface area contributed by atoms with E-state index >= 15 is 0 Å². The molecule has 3 rings (SSSR count). The normalized spacial score (nSPS) is 13.7. The van der Waals surface area contributed by atoms with Crippen LogP contribution in [0.2, 0.25) is 0 Å². The molecule has 1 N–H and O–H groups in total. The minimum Gasteiger partial charge on any atom is -0.368 e. The molecule has 1 aliphatic heterocycles. The third-order valence-electron chi connectivity index (χ3n) is 5.12. The first-order valence-electron chi connectivity index (χ1n) is 9.29. The molecule has 0 aromatic carbocycles. The zero-order valence-corrected chi connectivity index (χ0v) is 16.4. The van der Waals surface area contributed by atoms with Crippen molar-refractivity contribution < 1.29 is 4.79 Å². The summed E-state index contributed by atoms with van der Waals surface area (Å²) in [5, 5.41) is 8.11. The van der Waals surface area contributed by atoms with Gasteiger partial charge in [-0.25, -0.2) is 9.97 Å². The van der Waals surface area contributed by atoms with Crippen LogP contribution in [-0.2, 0) is 30.7 Å². The summed E-state index contributed by atoms with van der Waals surface area (Å²) >= 11 is 0. The van der Waals surface area contributed by atoms with Crippen LogP contribution in [0, 0.1) is 20.8 Å². The van der Waals surface area contributed by atoms with E-state index in [9.17, 15) is 4.79 Å². The van der Waals surface area contributed by atoms with Crippen molar-refractivity contribution in [2.75, 3.05) is 18.4 Å². The fourth-order valence-electron chi connectivity index (χ4n) is 3.71. The zero-order valence-electron chi connectivity index (χ0n) is 16.4. The van der Waals surface area contributed by atoms with Crippen LogP contribution < -0.4 is 5.32 Å². The predicted octanol–water partition coefficient (Wildman–Crippen LogP) is 2.18. The van der Waals surface area contributed by atoms with Gasteiger partial charge in [-0.15, -0.1) is 0 Å². The maximum atomic E-state index is 11.7. The number of hydrogen-bond donors (Lipinski definition) is 1. The van der Waals surface area contributed by atoms with Crippen LogP contribution >= 0.6 is 0 Å². The Morgan fingerprint density at radius 3 is 2.65 bits per heavy atom. The molecule has 0 atom stereocenters. The molecule has 7 heteroatoms. The number of rotatable bonds is 5. The Morgan fingerprint density at radius 1 is 1.23 bits per heavy atom. The maximum Gasteiger partial charge on any atom is 0.219 e. The highest BCUT2D eigenvalue weighted by Gasteiger charge is 2.23. The average molecular weight is 356 g/mol. The van der Waals surface area contributed by atoms with Gasteiger partial charge in [0.15, 0.2) is 0 Å². The standard InChI is InChI=1S/C19H28N6O/c1-6-16-12(2)23-25(13(16)3)10-8-20-19-17-7-9-24(15(5)26)11-18(17)21-14(4)22-19/h6-11H2,1-5H3,(H,20,21,22). The van der Waals surface area contributed by atoms with Gasteiger partial charge < -0.3 is 10.2 Å². The fraction of sp³-hybridized carbons (Fsp3) is 0.579. The molecule has 26 heavy (non-hydrogen) atoms. The average Bonchev–Trinajstić information content (AvgIpc) is 2.87. The van der Waals surface area contributed by atoms with Crippen molar-refractivity contribution in [1.29, 1.82) is 0 Å². The zero-order chi connectivity index (χ0) is 18.8. The first-order chi connectivity index (χ1) is 12.4. The van der Waals surface area contributed by atoms with Gasteiger partial charge in [-0.05, 0) is 39.2 Å². The molecule has 0 radical (unpaired) electrons. The van der Waals surface area contributed by atoms with E-state index in [1.54, 1.807) is 6.92 Å². The highest BCUT2D eigenvalue weighted by molar-refractivity contribution is 5.73. The Bertz CT molecular complexity index is 826. The van der Waals surface area contributed by atoms with Crippen molar-refractivity contribution in [3.63, 3.8) is 0 Å². The fourth-order valence-corrected chi connectivity index (χ4v) is 3.71. The van der Waals surface area contributed by atoms with Crippen molar-refractivity contribution in [3.8, 4) is 0 Å². The number of fused-ring (bicyclic) bond motifs is 1. The number of nitrogens with zero attached hydrogens (tertiary/aromatic N) is 5. The van der Waals surface area contributed by atoms with Crippen LogP contribution in [0.1, 0.15) is 47.9 Å². The Balaban J connectivity index is 1.72. The molecule has 3 heterocycles. The van der Waals surface area contributed by atoms with Gasteiger partial charge in [-0.3, -0.25) is 9.48 Å². The summed E-state index contributed by atoms with van der Waals surface area (Å²) in [6.45, 7) is 12.7. The second-order valence-corrected chi connectivity index (χ2v) is 6.89. The van der Waals surface area contributed by atoms with Crippen molar-refractivity contribution in [1.82, 2.24) is 24.6 Å². The number of nitrogens with one attached hydrogen (secondary N) is 1. The van der Waals surface area contributed by atoms with E-state index in [0.717, 1.165) is 61.1 Å².